The van der Waals surface area contributed by atoms with Crippen LogP contribution in [0.1, 0.15) is 45.7 Å². The van der Waals surface area contributed by atoms with Gasteiger partial charge in [-0.25, -0.2) is 4.98 Å². The zero-order valence-corrected chi connectivity index (χ0v) is 12.2. The third-order valence-electron chi connectivity index (χ3n) is 3.23. The van der Waals surface area contributed by atoms with Gasteiger partial charge in [0.2, 0.25) is 0 Å². The Bertz CT molecular complexity index is 338. The molecule has 1 aromatic heterocycles. The van der Waals surface area contributed by atoms with Gasteiger partial charge in [0.05, 0.1) is 5.69 Å². The summed E-state index contributed by atoms with van der Waals surface area (Å²) in [5.74, 6) is 0.992. The molecule has 0 aliphatic carbocycles. The molecule has 0 radical (unpaired) electrons. The Kier molecular flexibility index (Phi) is 6.73. The summed E-state index contributed by atoms with van der Waals surface area (Å²) < 4.78 is 0. The van der Waals surface area contributed by atoms with Crippen LogP contribution in [0.2, 0.25) is 0 Å². The molecule has 0 fully saturated rings. The molecule has 0 aromatic carbocycles. The summed E-state index contributed by atoms with van der Waals surface area (Å²) in [6.45, 7) is 8.58. The normalized spacial score (nSPS) is 12.7. The molecule has 1 rings (SSSR count). The summed E-state index contributed by atoms with van der Waals surface area (Å²) in [4.78, 5) is 7.01. The minimum atomic E-state index is 0.615. The lowest BCUT2D eigenvalue weighted by Gasteiger charge is -2.24. The minimum Gasteiger partial charge on any atom is -0.370 e. The van der Waals surface area contributed by atoms with Gasteiger partial charge in [-0.3, -0.25) is 4.90 Å². The van der Waals surface area contributed by atoms with E-state index in [1.165, 1.54) is 12.8 Å². The first-order valence-corrected chi connectivity index (χ1v) is 7.07. The van der Waals surface area contributed by atoms with E-state index in [4.69, 9.17) is 0 Å². The maximum Gasteiger partial charge on any atom is 0.126 e. The van der Waals surface area contributed by atoms with Crippen molar-refractivity contribution >= 4 is 5.82 Å². The van der Waals surface area contributed by atoms with E-state index in [0.29, 0.717) is 6.04 Å². The van der Waals surface area contributed by atoms with Crippen LogP contribution in [0.25, 0.3) is 0 Å². The number of pyridine rings is 1. The second-order valence-electron chi connectivity index (χ2n) is 4.99. The number of hydrogen-bond acceptors (Lipinski definition) is 3. The molecule has 18 heavy (non-hydrogen) atoms. The number of aromatic nitrogens is 1. The zero-order chi connectivity index (χ0) is 13.4. The lowest BCUT2D eigenvalue weighted by atomic mass is 10.1. The van der Waals surface area contributed by atoms with Crippen LogP contribution in [-0.4, -0.2) is 29.5 Å². The SMILES string of the molecule is CCCNc1cccc(CN(C)C(C)CCC)n1. The van der Waals surface area contributed by atoms with Gasteiger partial charge in [-0.2, -0.15) is 0 Å². The van der Waals surface area contributed by atoms with Crippen LogP contribution in [0.3, 0.4) is 0 Å². The first kappa shape index (κ1) is 15.0. The van der Waals surface area contributed by atoms with E-state index in [0.717, 1.165) is 31.0 Å². The van der Waals surface area contributed by atoms with Crippen LogP contribution in [0, 0.1) is 0 Å². The summed E-state index contributed by atoms with van der Waals surface area (Å²) in [5.41, 5.74) is 1.14. The van der Waals surface area contributed by atoms with E-state index in [1.54, 1.807) is 0 Å². The Labute approximate surface area is 112 Å². The van der Waals surface area contributed by atoms with Crippen molar-refractivity contribution in [1.82, 2.24) is 9.88 Å². The van der Waals surface area contributed by atoms with Crippen LogP contribution in [0.5, 0.6) is 0 Å². The standard InChI is InChI=1S/C15H27N3/c1-5-8-13(3)18(4)12-14-9-7-10-15(17-14)16-11-6-2/h7,9-10,13H,5-6,8,11-12H2,1-4H3,(H,16,17). The number of anilines is 1. The Hall–Kier alpha value is -1.09. The van der Waals surface area contributed by atoms with Crippen LogP contribution < -0.4 is 5.32 Å². The fraction of sp³-hybridized carbons (Fsp3) is 0.667. The molecule has 3 nitrogen and oxygen atoms in total. The average Bonchev–Trinajstić information content (AvgIpc) is 2.37. The van der Waals surface area contributed by atoms with Crippen molar-refractivity contribution in [3.8, 4) is 0 Å². The smallest absolute Gasteiger partial charge is 0.126 e. The van der Waals surface area contributed by atoms with Gasteiger partial charge in [-0.05, 0) is 38.9 Å². The molecule has 0 bridgehead atoms. The van der Waals surface area contributed by atoms with E-state index in [1.807, 2.05) is 6.07 Å². The molecule has 0 amide bonds. The molecule has 1 heterocycles. The van der Waals surface area contributed by atoms with Crippen LogP contribution in [-0.2, 0) is 6.54 Å². The van der Waals surface area contributed by atoms with Crippen molar-refractivity contribution in [2.75, 3.05) is 18.9 Å². The van der Waals surface area contributed by atoms with Crippen molar-refractivity contribution in [2.24, 2.45) is 0 Å². The molecule has 0 aliphatic rings. The highest BCUT2D eigenvalue weighted by Gasteiger charge is 2.09. The molecule has 0 spiro atoms. The monoisotopic (exact) mass is 249 g/mol. The molecule has 0 aliphatic heterocycles. The van der Waals surface area contributed by atoms with E-state index in [2.05, 4.69) is 55.2 Å². The average molecular weight is 249 g/mol. The Balaban J connectivity index is 2.55. The highest BCUT2D eigenvalue weighted by molar-refractivity contribution is 5.35. The lowest BCUT2D eigenvalue weighted by molar-refractivity contribution is 0.234. The van der Waals surface area contributed by atoms with Crippen molar-refractivity contribution in [2.45, 2.75) is 52.6 Å². The van der Waals surface area contributed by atoms with Gasteiger partial charge in [0, 0.05) is 19.1 Å². The van der Waals surface area contributed by atoms with Crippen molar-refractivity contribution in [3.63, 3.8) is 0 Å². The number of nitrogens with one attached hydrogen (secondary N) is 1. The molecule has 1 aromatic rings. The number of hydrogen-bond donors (Lipinski definition) is 1. The summed E-state index contributed by atoms with van der Waals surface area (Å²) >= 11 is 0. The second kappa shape index (κ2) is 8.09. The lowest BCUT2D eigenvalue weighted by Crippen LogP contribution is -2.28. The molecule has 0 saturated carbocycles. The maximum absolute atomic E-state index is 4.64. The number of nitrogens with zero attached hydrogens (tertiary/aromatic N) is 2. The molecule has 0 saturated heterocycles. The predicted molar refractivity (Wildman–Crippen MR) is 78.9 cm³/mol. The fourth-order valence-corrected chi connectivity index (χ4v) is 1.97. The van der Waals surface area contributed by atoms with Gasteiger partial charge >= 0.3 is 0 Å². The third kappa shape index (κ3) is 5.05. The predicted octanol–water partition coefficient (Wildman–Crippen LogP) is 3.52. The molecular formula is C15H27N3. The van der Waals surface area contributed by atoms with E-state index >= 15 is 0 Å². The molecule has 1 unspecified atom stereocenters. The largest absolute Gasteiger partial charge is 0.370 e. The maximum atomic E-state index is 4.64. The van der Waals surface area contributed by atoms with E-state index < -0.39 is 0 Å². The first-order valence-electron chi connectivity index (χ1n) is 7.07. The third-order valence-corrected chi connectivity index (χ3v) is 3.23. The van der Waals surface area contributed by atoms with Crippen LogP contribution in [0.15, 0.2) is 18.2 Å². The van der Waals surface area contributed by atoms with E-state index in [-0.39, 0.29) is 0 Å². The second-order valence-corrected chi connectivity index (χ2v) is 4.99. The summed E-state index contributed by atoms with van der Waals surface area (Å²) in [6, 6.07) is 6.84. The van der Waals surface area contributed by atoms with Gasteiger partial charge in [0.15, 0.2) is 0 Å². The van der Waals surface area contributed by atoms with Crippen molar-refractivity contribution in [1.29, 1.82) is 0 Å². The molecule has 1 atom stereocenters. The van der Waals surface area contributed by atoms with Gasteiger partial charge in [0.1, 0.15) is 5.82 Å². The molecular weight excluding hydrogens is 222 g/mol. The Morgan fingerprint density at radius 3 is 2.72 bits per heavy atom. The topological polar surface area (TPSA) is 28.2 Å². The highest BCUT2D eigenvalue weighted by atomic mass is 15.1. The number of rotatable bonds is 8. The Morgan fingerprint density at radius 1 is 1.28 bits per heavy atom. The summed E-state index contributed by atoms with van der Waals surface area (Å²) in [7, 11) is 2.17. The van der Waals surface area contributed by atoms with Gasteiger partial charge < -0.3 is 5.32 Å². The van der Waals surface area contributed by atoms with Gasteiger partial charge in [0.25, 0.3) is 0 Å². The Morgan fingerprint density at radius 2 is 2.06 bits per heavy atom. The quantitative estimate of drug-likeness (QED) is 0.764. The fourth-order valence-electron chi connectivity index (χ4n) is 1.97. The van der Waals surface area contributed by atoms with Crippen molar-refractivity contribution in [3.05, 3.63) is 23.9 Å². The molecule has 1 N–H and O–H groups in total. The van der Waals surface area contributed by atoms with Crippen LogP contribution >= 0.6 is 0 Å². The zero-order valence-electron chi connectivity index (χ0n) is 12.2. The minimum absolute atomic E-state index is 0.615. The molecule has 102 valence electrons. The highest BCUT2D eigenvalue weighted by Crippen LogP contribution is 2.10. The van der Waals surface area contributed by atoms with Crippen LogP contribution in [0.4, 0.5) is 5.82 Å². The van der Waals surface area contributed by atoms with Gasteiger partial charge in [-0.15, -0.1) is 0 Å². The van der Waals surface area contributed by atoms with Crippen molar-refractivity contribution < 1.29 is 0 Å². The van der Waals surface area contributed by atoms with E-state index in [9.17, 15) is 0 Å². The molecule has 3 heteroatoms. The summed E-state index contributed by atoms with van der Waals surface area (Å²) in [5, 5.41) is 3.33. The first-order chi connectivity index (χ1) is 8.67. The summed E-state index contributed by atoms with van der Waals surface area (Å²) in [6.07, 6.45) is 3.60. The van der Waals surface area contributed by atoms with Gasteiger partial charge in [-0.1, -0.05) is 26.3 Å².